The average molecular weight is 198 g/mol. The summed E-state index contributed by atoms with van der Waals surface area (Å²) in [6.07, 6.45) is 5.44. The Kier molecular flexibility index (Phi) is 2.54. The fourth-order valence-corrected chi connectivity index (χ4v) is 2.92. The largest absolute Gasteiger partial charge is 0.362 e. The first-order valence-corrected chi connectivity index (χ1v) is 5.97. The quantitative estimate of drug-likeness (QED) is 0.699. The first kappa shape index (κ1) is 9.38. The highest BCUT2D eigenvalue weighted by atomic mass is 32.2. The van der Waals surface area contributed by atoms with Crippen LogP contribution >= 0.6 is 11.8 Å². The molecule has 0 saturated heterocycles. The van der Waals surface area contributed by atoms with Gasteiger partial charge in [0.25, 0.3) is 0 Å². The van der Waals surface area contributed by atoms with Crippen LogP contribution in [-0.2, 0) is 0 Å². The molecule has 1 N–H and O–H groups in total. The Bertz CT molecular complexity index is 217. The van der Waals surface area contributed by atoms with E-state index in [1.807, 2.05) is 11.8 Å². The van der Waals surface area contributed by atoms with E-state index in [0.29, 0.717) is 10.8 Å². The average Bonchev–Trinajstić information content (AvgIpc) is 2.61. The zero-order valence-corrected chi connectivity index (χ0v) is 9.28. The van der Waals surface area contributed by atoms with Crippen molar-refractivity contribution in [3.63, 3.8) is 0 Å². The van der Waals surface area contributed by atoms with Gasteiger partial charge in [0.1, 0.15) is 0 Å². The molecular formula is C10H18N2S. The second-order valence-corrected chi connectivity index (χ2v) is 6.30. The van der Waals surface area contributed by atoms with Crippen molar-refractivity contribution >= 4 is 16.9 Å². The van der Waals surface area contributed by atoms with Gasteiger partial charge in [-0.25, -0.2) is 0 Å². The molecule has 1 fully saturated rings. The Labute approximate surface area is 84.6 Å². The van der Waals surface area contributed by atoms with E-state index < -0.39 is 0 Å². The maximum absolute atomic E-state index is 4.52. The van der Waals surface area contributed by atoms with Crippen LogP contribution in [0.4, 0.5) is 0 Å². The summed E-state index contributed by atoms with van der Waals surface area (Å²) in [4.78, 5) is 4.52. The van der Waals surface area contributed by atoms with Crippen LogP contribution in [0.15, 0.2) is 4.99 Å². The van der Waals surface area contributed by atoms with E-state index in [1.54, 1.807) is 0 Å². The lowest BCUT2D eigenvalue weighted by molar-refractivity contribution is 0.634. The second-order valence-electron chi connectivity index (χ2n) is 4.61. The van der Waals surface area contributed by atoms with Gasteiger partial charge in [-0.15, -0.1) is 0 Å². The molecule has 0 aromatic carbocycles. The molecule has 74 valence electrons. The molecule has 13 heavy (non-hydrogen) atoms. The number of nitrogens with one attached hydrogen (secondary N) is 1. The standard InChI is InChI=1S/C10H18N2S/c1-10(2)7-11-9(13-10)12-8-5-3-4-6-8/h8H,3-7H2,1-2H3,(H,11,12). The Morgan fingerprint density at radius 3 is 2.62 bits per heavy atom. The third-order valence-electron chi connectivity index (χ3n) is 2.66. The maximum Gasteiger partial charge on any atom is 0.157 e. The molecule has 0 spiro atoms. The molecular weight excluding hydrogens is 180 g/mol. The van der Waals surface area contributed by atoms with Gasteiger partial charge in [-0.2, -0.15) is 0 Å². The van der Waals surface area contributed by atoms with Gasteiger partial charge in [-0.1, -0.05) is 24.6 Å². The van der Waals surface area contributed by atoms with Gasteiger partial charge in [0.15, 0.2) is 5.17 Å². The summed E-state index contributed by atoms with van der Waals surface area (Å²) in [7, 11) is 0. The van der Waals surface area contributed by atoms with Crippen molar-refractivity contribution in [2.75, 3.05) is 6.54 Å². The van der Waals surface area contributed by atoms with E-state index in [-0.39, 0.29) is 0 Å². The molecule has 0 aromatic rings. The van der Waals surface area contributed by atoms with Crippen LogP contribution in [-0.4, -0.2) is 22.5 Å². The van der Waals surface area contributed by atoms with Crippen LogP contribution in [0.2, 0.25) is 0 Å². The summed E-state index contributed by atoms with van der Waals surface area (Å²) < 4.78 is 0.320. The minimum absolute atomic E-state index is 0.320. The van der Waals surface area contributed by atoms with E-state index >= 15 is 0 Å². The van der Waals surface area contributed by atoms with Crippen LogP contribution < -0.4 is 5.32 Å². The van der Waals surface area contributed by atoms with E-state index in [2.05, 4.69) is 24.2 Å². The zero-order chi connectivity index (χ0) is 9.31. The summed E-state index contributed by atoms with van der Waals surface area (Å²) in [5, 5.41) is 4.72. The fraction of sp³-hybridized carbons (Fsp3) is 0.900. The molecule has 3 heteroatoms. The number of rotatable bonds is 1. The second kappa shape index (κ2) is 3.52. The molecule has 2 rings (SSSR count). The lowest BCUT2D eigenvalue weighted by atomic mass is 10.2. The minimum Gasteiger partial charge on any atom is -0.362 e. The Balaban J connectivity index is 1.83. The van der Waals surface area contributed by atoms with Crippen LogP contribution in [0.5, 0.6) is 0 Å². The van der Waals surface area contributed by atoms with Gasteiger partial charge in [0.2, 0.25) is 0 Å². The van der Waals surface area contributed by atoms with Gasteiger partial charge in [0.05, 0.1) is 6.54 Å². The number of aliphatic imine (C=N–C) groups is 1. The molecule has 0 atom stereocenters. The van der Waals surface area contributed by atoms with Crippen molar-refractivity contribution in [3.8, 4) is 0 Å². The lowest BCUT2D eigenvalue weighted by Crippen LogP contribution is -2.30. The number of hydrogen-bond donors (Lipinski definition) is 1. The maximum atomic E-state index is 4.52. The molecule has 0 unspecified atom stereocenters. The Morgan fingerprint density at radius 2 is 2.08 bits per heavy atom. The van der Waals surface area contributed by atoms with E-state index in [0.717, 1.165) is 6.54 Å². The minimum atomic E-state index is 0.320. The summed E-state index contributed by atoms with van der Waals surface area (Å²) >= 11 is 1.89. The van der Waals surface area contributed by atoms with Crippen molar-refractivity contribution < 1.29 is 0 Å². The molecule has 1 aliphatic carbocycles. The van der Waals surface area contributed by atoms with Crippen LogP contribution in [0.3, 0.4) is 0 Å². The summed E-state index contributed by atoms with van der Waals surface area (Å²) in [6.45, 7) is 5.47. The van der Waals surface area contributed by atoms with Gasteiger partial charge < -0.3 is 5.32 Å². The van der Waals surface area contributed by atoms with Crippen molar-refractivity contribution in [1.29, 1.82) is 0 Å². The molecule has 2 nitrogen and oxygen atoms in total. The van der Waals surface area contributed by atoms with Crippen LogP contribution in [0.1, 0.15) is 39.5 Å². The molecule has 2 aliphatic rings. The zero-order valence-electron chi connectivity index (χ0n) is 8.47. The first-order chi connectivity index (χ1) is 6.16. The van der Waals surface area contributed by atoms with Crippen molar-refractivity contribution in [1.82, 2.24) is 5.32 Å². The Hall–Kier alpha value is -0.180. The van der Waals surface area contributed by atoms with Gasteiger partial charge in [0, 0.05) is 10.8 Å². The van der Waals surface area contributed by atoms with Gasteiger partial charge in [-0.3, -0.25) is 4.99 Å². The normalized spacial score (nSPS) is 27.7. The topological polar surface area (TPSA) is 24.4 Å². The predicted octanol–water partition coefficient (Wildman–Crippen LogP) is 2.40. The molecule has 0 amide bonds. The van der Waals surface area contributed by atoms with Crippen molar-refractivity contribution in [3.05, 3.63) is 0 Å². The molecule has 1 aliphatic heterocycles. The third-order valence-corrected chi connectivity index (χ3v) is 3.78. The number of thioether (sulfide) groups is 1. The van der Waals surface area contributed by atoms with Crippen molar-refractivity contribution in [2.45, 2.75) is 50.3 Å². The first-order valence-electron chi connectivity index (χ1n) is 5.16. The van der Waals surface area contributed by atoms with Crippen LogP contribution in [0, 0.1) is 0 Å². The van der Waals surface area contributed by atoms with E-state index in [1.165, 1.54) is 30.9 Å². The molecule has 1 saturated carbocycles. The number of hydrogen-bond acceptors (Lipinski definition) is 3. The molecule has 0 aromatic heterocycles. The molecule has 1 heterocycles. The van der Waals surface area contributed by atoms with Gasteiger partial charge >= 0.3 is 0 Å². The highest BCUT2D eigenvalue weighted by molar-refractivity contribution is 8.15. The number of nitrogens with zero attached hydrogens (tertiary/aromatic N) is 1. The fourth-order valence-electron chi connectivity index (χ4n) is 1.91. The predicted molar refractivity (Wildman–Crippen MR) is 59.4 cm³/mol. The summed E-state index contributed by atoms with van der Waals surface area (Å²) in [5.74, 6) is 0. The third kappa shape index (κ3) is 2.39. The molecule has 0 bridgehead atoms. The van der Waals surface area contributed by atoms with E-state index in [9.17, 15) is 0 Å². The van der Waals surface area contributed by atoms with E-state index in [4.69, 9.17) is 0 Å². The van der Waals surface area contributed by atoms with Crippen molar-refractivity contribution in [2.24, 2.45) is 4.99 Å². The highest BCUT2D eigenvalue weighted by Gasteiger charge is 2.28. The molecule has 0 radical (unpaired) electrons. The monoisotopic (exact) mass is 198 g/mol. The van der Waals surface area contributed by atoms with Gasteiger partial charge in [-0.05, 0) is 26.7 Å². The highest BCUT2D eigenvalue weighted by Crippen LogP contribution is 2.31. The SMILES string of the molecule is CC1(C)CN=C(NC2CCCC2)S1. The summed E-state index contributed by atoms with van der Waals surface area (Å²) in [5.41, 5.74) is 0. The smallest absolute Gasteiger partial charge is 0.157 e. The lowest BCUT2D eigenvalue weighted by Gasteiger charge is -2.16. The van der Waals surface area contributed by atoms with Crippen LogP contribution in [0.25, 0.3) is 0 Å². The summed E-state index contributed by atoms with van der Waals surface area (Å²) in [6, 6.07) is 0.708. The number of amidine groups is 1. The Morgan fingerprint density at radius 1 is 1.38 bits per heavy atom.